The lowest BCUT2D eigenvalue weighted by atomic mass is 10.1. The van der Waals surface area contributed by atoms with Crippen molar-refractivity contribution >= 4 is 22.7 Å². The summed E-state index contributed by atoms with van der Waals surface area (Å²) in [5, 5.41) is 4.01. The molecule has 2 atom stereocenters. The van der Waals surface area contributed by atoms with Gasteiger partial charge in [0.15, 0.2) is 5.69 Å². The number of carbonyl (C=O) groups excluding carboxylic acids is 1. The van der Waals surface area contributed by atoms with Crippen LogP contribution in [-0.4, -0.2) is 48.8 Å². The SMILES string of the molecule is [C-]#[N+]c1ccc2[nH]cc(C3CC3CN(CC)CCCNC(=O)OCCC)c2c1. The van der Waals surface area contributed by atoms with Crippen molar-refractivity contribution in [3.05, 3.63) is 41.4 Å². The Hall–Kier alpha value is -2.52. The third-order valence-electron chi connectivity index (χ3n) is 5.45. The van der Waals surface area contributed by atoms with Crippen LogP contribution in [0.3, 0.4) is 0 Å². The van der Waals surface area contributed by atoms with Crippen molar-refractivity contribution < 1.29 is 9.53 Å². The van der Waals surface area contributed by atoms with Crippen molar-refractivity contribution in [3.63, 3.8) is 0 Å². The van der Waals surface area contributed by atoms with Crippen molar-refractivity contribution in [1.29, 1.82) is 0 Å². The standard InChI is InChI=1S/C22H30N4O2/c1-4-11-28-22(27)24-9-6-10-26(5-2)15-16-12-18(16)20-14-25-21-8-7-17(23-3)13-19(20)21/h7-8,13-14,16,18,25H,4-6,9-12,15H2,1-2H3,(H,24,27). The molecule has 0 bridgehead atoms. The first-order chi connectivity index (χ1) is 13.7. The molecule has 1 aromatic heterocycles. The van der Waals surface area contributed by atoms with Crippen LogP contribution in [0.1, 0.15) is 44.6 Å². The predicted octanol–water partition coefficient (Wildman–Crippen LogP) is 4.67. The van der Waals surface area contributed by atoms with E-state index < -0.39 is 0 Å². The van der Waals surface area contributed by atoms with E-state index in [1.807, 2.05) is 25.1 Å². The largest absolute Gasteiger partial charge is 0.450 e. The first-order valence-corrected chi connectivity index (χ1v) is 10.3. The molecule has 1 aliphatic carbocycles. The minimum Gasteiger partial charge on any atom is -0.450 e. The lowest BCUT2D eigenvalue weighted by Gasteiger charge is -2.20. The zero-order valence-corrected chi connectivity index (χ0v) is 16.8. The van der Waals surface area contributed by atoms with Crippen LogP contribution in [0.25, 0.3) is 15.7 Å². The van der Waals surface area contributed by atoms with Crippen molar-refractivity contribution in [2.45, 2.75) is 39.0 Å². The van der Waals surface area contributed by atoms with Gasteiger partial charge in [0.05, 0.1) is 13.2 Å². The predicted molar refractivity (Wildman–Crippen MR) is 112 cm³/mol. The van der Waals surface area contributed by atoms with Gasteiger partial charge in [0, 0.05) is 24.8 Å². The molecule has 0 radical (unpaired) electrons. The Balaban J connectivity index is 1.46. The molecule has 1 aromatic carbocycles. The number of rotatable bonds is 10. The monoisotopic (exact) mass is 382 g/mol. The molecule has 2 N–H and O–H groups in total. The quantitative estimate of drug-likeness (QED) is 0.464. The third kappa shape index (κ3) is 5.05. The minimum atomic E-state index is -0.315. The van der Waals surface area contributed by atoms with Crippen LogP contribution in [0.5, 0.6) is 0 Å². The molecule has 1 aliphatic rings. The average Bonchev–Trinajstić information content (AvgIpc) is 3.35. The first-order valence-electron chi connectivity index (χ1n) is 10.3. The molecule has 6 nitrogen and oxygen atoms in total. The summed E-state index contributed by atoms with van der Waals surface area (Å²) in [5.41, 5.74) is 3.16. The molecular weight excluding hydrogens is 352 g/mol. The van der Waals surface area contributed by atoms with Gasteiger partial charge >= 0.3 is 6.09 Å². The second-order valence-electron chi connectivity index (χ2n) is 7.50. The number of benzene rings is 1. The summed E-state index contributed by atoms with van der Waals surface area (Å²) in [6, 6.07) is 5.87. The maximum Gasteiger partial charge on any atom is 0.407 e. The fourth-order valence-electron chi connectivity index (χ4n) is 3.79. The number of alkyl carbamates (subject to hydrolysis) is 1. The number of aromatic amines is 1. The summed E-state index contributed by atoms with van der Waals surface area (Å²) < 4.78 is 5.02. The van der Waals surface area contributed by atoms with Gasteiger partial charge in [0.1, 0.15) is 0 Å². The highest BCUT2D eigenvalue weighted by molar-refractivity contribution is 5.87. The van der Waals surface area contributed by atoms with E-state index in [-0.39, 0.29) is 6.09 Å². The Morgan fingerprint density at radius 1 is 1.43 bits per heavy atom. The van der Waals surface area contributed by atoms with Gasteiger partial charge in [-0.25, -0.2) is 9.64 Å². The lowest BCUT2D eigenvalue weighted by Crippen LogP contribution is -2.31. The molecule has 0 spiro atoms. The first kappa shape index (κ1) is 20.2. The number of amides is 1. The van der Waals surface area contributed by atoms with E-state index in [0.717, 1.165) is 38.0 Å². The van der Waals surface area contributed by atoms with Crippen LogP contribution < -0.4 is 5.32 Å². The van der Waals surface area contributed by atoms with E-state index in [2.05, 4.69) is 33.2 Å². The maximum absolute atomic E-state index is 11.5. The Morgan fingerprint density at radius 2 is 2.29 bits per heavy atom. The molecule has 2 aromatic rings. The topological polar surface area (TPSA) is 61.7 Å². The van der Waals surface area contributed by atoms with Gasteiger partial charge in [-0.3, -0.25) is 0 Å². The van der Waals surface area contributed by atoms with Gasteiger partial charge in [-0.15, -0.1) is 0 Å². The molecular formula is C22H30N4O2. The van der Waals surface area contributed by atoms with Crippen molar-refractivity contribution in [3.8, 4) is 0 Å². The summed E-state index contributed by atoms with van der Waals surface area (Å²) >= 11 is 0. The normalized spacial score (nSPS) is 18.2. The highest BCUT2D eigenvalue weighted by atomic mass is 16.5. The van der Waals surface area contributed by atoms with Crippen LogP contribution in [0, 0.1) is 12.5 Å². The number of hydrogen-bond donors (Lipinski definition) is 2. The molecule has 1 amide bonds. The van der Waals surface area contributed by atoms with Crippen molar-refractivity contribution in [1.82, 2.24) is 15.2 Å². The van der Waals surface area contributed by atoms with Gasteiger partial charge in [-0.1, -0.05) is 19.9 Å². The van der Waals surface area contributed by atoms with Gasteiger partial charge < -0.3 is 19.9 Å². The van der Waals surface area contributed by atoms with Gasteiger partial charge in [-0.2, -0.15) is 0 Å². The van der Waals surface area contributed by atoms with E-state index in [1.54, 1.807) is 0 Å². The van der Waals surface area contributed by atoms with Crippen molar-refractivity contribution in [2.24, 2.45) is 5.92 Å². The average molecular weight is 383 g/mol. The third-order valence-corrected chi connectivity index (χ3v) is 5.45. The second-order valence-corrected chi connectivity index (χ2v) is 7.50. The number of fused-ring (bicyclic) bond motifs is 1. The van der Waals surface area contributed by atoms with Crippen LogP contribution >= 0.6 is 0 Å². The number of hydrogen-bond acceptors (Lipinski definition) is 3. The maximum atomic E-state index is 11.5. The molecule has 0 saturated heterocycles. The van der Waals surface area contributed by atoms with Crippen LogP contribution in [-0.2, 0) is 4.74 Å². The van der Waals surface area contributed by atoms with E-state index in [0.29, 0.717) is 30.7 Å². The highest BCUT2D eigenvalue weighted by Crippen LogP contribution is 2.50. The van der Waals surface area contributed by atoms with Gasteiger partial charge in [0.25, 0.3) is 0 Å². The zero-order valence-electron chi connectivity index (χ0n) is 16.8. The second kappa shape index (κ2) is 9.61. The van der Waals surface area contributed by atoms with Gasteiger partial charge in [-0.05, 0) is 67.3 Å². The number of aromatic nitrogens is 1. The smallest absolute Gasteiger partial charge is 0.407 e. The summed E-state index contributed by atoms with van der Waals surface area (Å²) in [6.45, 7) is 15.6. The number of nitrogens with zero attached hydrogens (tertiary/aromatic N) is 2. The summed E-state index contributed by atoms with van der Waals surface area (Å²) in [6.07, 6.45) is 4.77. The number of nitrogens with one attached hydrogen (secondary N) is 2. The Kier molecular flexibility index (Phi) is 6.94. The van der Waals surface area contributed by atoms with Crippen LogP contribution in [0.2, 0.25) is 0 Å². The number of H-pyrrole nitrogens is 1. The van der Waals surface area contributed by atoms with E-state index >= 15 is 0 Å². The molecule has 28 heavy (non-hydrogen) atoms. The van der Waals surface area contributed by atoms with Crippen molar-refractivity contribution in [2.75, 3.05) is 32.8 Å². The molecule has 3 rings (SSSR count). The Morgan fingerprint density at radius 3 is 3.04 bits per heavy atom. The molecule has 0 aliphatic heterocycles. The Labute approximate surface area is 167 Å². The Bertz CT molecular complexity index is 839. The van der Waals surface area contributed by atoms with Crippen LogP contribution in [0.4, 0.5) is 10.5 Å². The fourth-order valence-corrected chi connectivity index (χ4v) is 3.79. The number of carbonyl (C=O) groups is 1. The molecule has 1 saturated carbocycles. The zero-order chi connectivity index (χ0) is 19.9. The molecule has 150 valence electrons. The van der Waals surface area contributed by atoms with E-state index in [1.165, 1.54) is 17.4 Å². The van der Waals surface area contributed by atoms with E-state index in [4.69, 9.17) is 11.3 Å². The molecule has 2 unspecified atom stereocenters. The molecule has 6 heteroatoms. The summed E-state index contributed by atoms with van der Waals surface area (Å²) in [7, 11) is 0. The molecule has 1 heterocycles. The van der Waals surface area contributed by atoms with E-state index in [9.17, 15) is 4.79 Å². The number of ether oxygens (including phenoxy) is 1. The summed E-state index contributed by atoms with van der Waals surface area (Å²) in [5.74, 6) is 1.24. The van der Waals surface area contributed by atoms with Gasteiger partial charge in [0.2, 0.25) is 0 Å². The summed E-state index contributed by atoms with van der Waals surface area (Å²) in [4.78, 5) is 20.8. The van der Waals surface area contributed by atoms with Crippen LogP contribution in [0.15, 0.2) is 24.4 Å². The fraction of sp³-hybridized carbons (Fsp3) is 0.545. The highest BCUT2D eigenvalue weighted by Gasteiger charge is 2.40. The lowest BCUT2D eigenvalue weighted by molar-refractivity contribution is 0.145. The molecule has 1 fully saturated rings. The minimum absolute atomic E-state index is 0.315.